The van der Waals surface area contributed by atoms with E-state index in [0.717, 1.165) is 16.8 Å². The van der Waals surface area contributed by atoms with Crippen molar-refractivity contribution in [2.45, 2.75) is 40.0 Å². The highest BCUT2D eigenvalue weighted by molar-refractivity contribution is 6.00. The third-order valence-electron chi connectivity index (χ3n) is 5.54. The van der Waals surface area contributed by atoms with Crippen LogP contribution in [-0.4, -0.2) is 48.9 Å². The molecule has 1 unspecified atom stereocenters. The maximum Gasteiger partial charge on any atom is 0.309 e. The molecule has 0 radical (unpaired) electrons. The van der Waals surface area contributed by atoms with Crippen LogP contribution in [0, 0.1) is 25.7 Å². The fraction of sp³-hybridized carbons (Fsp3) is 0.571. The first kappa shape index (κ1) is 19.4. The number of nitrogens with zero attached hydrogens (tertiary/aromatic N) is 2. The van der Waals surface area contributed by atoms with Gasteiger partial charge in [0.1, 0.15) is 0 Å². The van der Waals surface area contributed by atoms with Crippen LogP contribution in [0.1, 0.15) is 37.3 Å². The number of benzene rings is 1. The smallest absolute Gasteiger partial charge is 0.309 e. The topological polar surface area (TPSA) is 66.9 Å². The fourth-order valence-corrected chi connectivity index (χ4v) is 4.07. The van der Waals surface area contributed by atoms with Crippen LogP contribution in [0.3, 0.4) is 0 Å². The maximum atomic E-state index is 12.9. The summed E-state index contributed by atoms with van der Waals surface area (Å²) in [4.78, 5) is 40.8. The number of anilines is 1. The third-order valence-corrected chi connectivity index (χ3v) is 5.54. The number of carbonyl (C=O) groups is 3. The van der Waals surface area contributed by atoms with E-state index in [2.05, 4.69) is 6.07 Å². The second-order valence-electron chi connectivity index (χ2n) is 7.55. The van der Waals surface area contributed by atoms with Gasteiger partial charge >= 0.3 is 5.97 Å². The van der Waals surface area contributed by atoms with E-state index in [1.807, 2.05) is 26.0 Å². The van der Waals surface area contributed by atoms with Gasteiger partial charge in [0.15, 0.2) is 0 Å². The molecule has 2 amide bonds. The van der Waals surface area contributed by atoms with Gasteiger partial charge in [-0.2, -0.15) is 0 Å². The molecule has 27 heavy (non-hydrogen) atoms. The molecule has 6 nitrogen and oxygen atoms in total. The van der Waals surface area contributed by atoms with Gasteiger partial charge in [0.05, 0.1) is 18.4 Å². The van der Waals surface area contributed by atoms with E-state index in [4.69, 9.17) is 4.74 Å². The van der Waals surface area contributed by atoms with Crippen molar-refractivity contribution in [1.29, 1.82) is 0 Å². The zero-order valence-electron chi connectivity index (χ0n) is 16.4. The largest absolute Gasteiger partial charge is 0.466 e. The standard InChI is InChI=1S/C21H28N2O4/c1-4-27-21(26)16-7-9-22(10-8-16)20(25)17-12-19(24)23(13-17)18-6-5-14(2)11-15(18)3/h5-6,11,16-17H,4,7-10,12-13H2,1-3H3. The molecule has 1 aromatic carbocycles. The number of hydrogen-bond acceptors (Lipinski definition) is 4. The van der Waals surface area contributed by atoms with Gasteiger partial charge in [0, 0.05) is 31.7 Å². The van der Waals surface area contributed by atoms with Crippen molar-refractivity contribution >= 4 is 23.5 Å². The fourth-order valence-electron chi connectivity index (χ4n) is 4.07. The number of rotatable bonds is 4. The lowest BCUT2D eigenvalue weighted by molar-refractivity contribution is -0.151. The molecule has 1 aromatic rings. The van der Waals surface area contributed by atoms with Crippen molar-refractivity contribution < 1.29 is 19.1 Å². The minimum Gasteiger partial charge on any atom is -0.466 e. The monoisotopic (exact) mass is 372 g/mol. The van der Waals surface area contributed by atoms with Crippen LogP contribution in [0.2, 0.25) is 0 Å². The molecule has 2 aliphatic heterocycles. The molecule has 1 atom stereocenters. The Kier molecular flexibility index (Phi) is 5.82. The van der Waals surface area contributed by atoms with Crippen molar-refractivity contribution in [2.24, 2.45) is 11.8 Å². The number of carbonyl (C=O) groups excluding carboxylic acids is 3. The molecule has 3 rings (SSSR count). The van der Waals surface area contributed by atoms with Crippen molar-refractivity contribution in [3.63, 3.8) is 0 Å². The molecule has 0 bridgehead atoms. The van der Waals surface area contributed by atoms with E-state index in [-0.39, 0.29) is 36.0 Å². The highest BCUT2D eigenvalue weighted by atomic mass is 16.5. The van der Waals surface area contributed by atoms with Crippen LogP contribution in [0.15, 0.2) is 18.2 Å². The first-order chi connectivity index (χ1) is 12.9. The molecule has 2 saturated heterocycles. The van der Waals surface area contributed by atoms with Crippen molar-refractivity contribution in [3.8, 4) is 0 Å². The lowest BCUT2D eigenvalue weighted by Crippen LogP contribution is -2.44. The van der Waals surface area contributed by atoms with E-state index in [0.29, 0.717) is 39.1 Å². The molecule has 2 heterocycles. The molecule has 146 valence electrons. The first-order valence-electron chi connectivity index (χ1n) is 9.73. The van der Waals surface area contributed by atoms with Crippen molar-refractivity contribution in [2.75, 3.05) is 31.1 Å². The summed E-state index contributed by atoms with van der Waals surface area (Å²) in [7, 11) is 0. The molecular formula is C21H28N2O4. The van der Waals surface area contributed by atoms with Crippen LogP contribution in [0.4, 0.5) is 5.69 Å². The molecule has 0 spiro atoms. The number of aryl methyl sites for hydroxylation is 2. The number of esters is 1. The summed E-state index contributed by atoms with van der Waals surface area (Å²) in [5.41, 5.74) is 3.09. The average molecular weight is 372 g/mol. The predicted octanol–water partition coefficient (Wildman–Crippen LogP) is 2.46. The molecule has 6 heteroatoms. The summed E-state index contributed by atoms with van der Waals surface area (Å²) >= 11 is 0. The molecule has 0 aliphatic carbocycles. The van der Waals surface area contributed by atoms with Crippen LogP contribution < -0.4 is 4.90 Å². The third kappa shape index (κ3) is 4.15. The van der Waals surface area contributed by atoms with Gasteiger partial charge in [-0.1, -0.05) is 17.7 Å². The summed E-state index contributed by atoms with van der Waals surface area (Å²) in [6, 6.07) is 6.00. The minimum absolute atomic E-state index is 0.00159. The number of ether oxygens (including phenoxy) is 1. The normalized spacial score (nSPS) is 20.9. The molecule has 0 aromatic heterocycles. The highest BCUT2D eigenvalue weighted by Crippen LogP contribution is 2.30. The number of hydrogen-bond donors (Lipinski definition) is 0. The number of amides is 2. The number of piperidine rings is 1. The maximum absolute atomic E-state index is 12.9. The molecular weight excluding hydrogens is 344 g/mol. The van der Waals surface area contributed by atoms with Gasteiger partial charge in [-0.05, 0) is 45.2 Å². The zero-order chi connectivity index (χ0) is 19.6. The molecule has 2 fully saturated rings. The van der Waals surface area contributed by atoms with E-state index in [1.54, 1.807) is 16.7 Å². The van der Waals surface area contributed by atoms with Crippen LogP contribution >= 0.6 is 0 Å². The van der Waals surface area contributed by atoms with Gasteiger partial charge in [0.25, 0.3) is 0 Å². The lowest BCUT2D eigenvalue weighted by Gasteiger charge is -2.32. The second kappa shape index (κ2) is 8.11. The zero-order valence-corrected chi connectivity index (χ0v) is 16.4. The van der Waals surface area contributed by atoms with Crippen molar-refractivity contribution in [3.05, 3.63) is 29.3 Å². The van der Waals surface area contributed by atoms with E-state index in [9.17, 15) is 14.4 Å². The van der Waals surface area contributed by atoms with Gasteiger partial charge in [-0.15, -0.1) is 0 Å². The van der Waals surface area contributed by atoms with Crippen molar-refractivity contribution in [1.82, 2.24) is 4.90 Å². The van der Waals surface area contributed by atoms with E-state index >= 15 is 0 Å². The van der Waals surface area contributed by atoms with Gasteiger partial charge in [-0.25, -0.2) is 0 Å². The number of likely N-dealkylation sites (tertiary alicyclic amines) is 1. The Hall–Kier alpha value is -2.37. The van der Waals surface area contributed by atoms with E-state index < -0.39 is 0 Å². The Labute approximate surface area is 160 Å². The minimum atomic E-state index is -0.308. The highest BCUT2D eigenvalue weighted by Gasteiger charge is 2.39. The molecule has 2 aliphatic rings. The van der Waals surface area contributed by atoms with E-state index in [1.165, 1.54) is 0 Å². The quantitative estimate of drug-likeness (QED) is 0.762. The average Bonchev–Trinajstić information content (AvgIpc) is 3.03. The van der Waals surface area contributed by atoms with Crippen LogP contribution in [-0.2, 0) is 19.1 Å². The second-order valence-corrected chi connectivity index (χ2v) is 7.55. The Morgan fingerprint density at radius 3 is 2.48 bits per heavy atom. The Balaban J connectivity index is 1.60. The Bertz CT molecular complexity index is 738. The van der Waals surface area contributed by atoms with Gasteiger partial charge < -0.3 is 14.5 Å². The summed E-state index contributed by atoms with van der Waals surface area (Å²) in [6.07, 6.45) is 1.52. The summed E-state index contributed by atoms with van der Waals surface area (Å²) < 4.78 is 5.08. The Morgan fingerprint density at radius 1 is 1.15 bits per heavy atom. The molecule has 0 saturated carbocycles. The predicted molar refractivity (Wildman–Crippen MR) is 102 cm³/mol. The molecule has 0 N–H and O–H groups in total. The lowest BCUT2D eigenvalue weighted by atomic mass is 9.95. The Morgan fingerprint density at radius 2 is 1.85 bits per heavy atom. The summed E-state index contributed by atoms with van der Waals surface area (Å²) in [5.74, 6) is -0.565. The van der Waals surface area contributed by atoms with Gasteiger partial charge in [0.2, 0.25) is 11.8 Å². The first-order valence-corrected chi connectivity index (χ1v) is 9.73. The van der Waals surface area contributed by atoms with Crippen LogP contribution in [0.25, 0.3) is 0 Å². The SMILES string of the molecule is CCOC(=O)C1CCN(C(=O)C2CC(=O)N(c3ccc(C)cc3C)C2)CC1. The van der Waals surface area contributed by atoms with Gasteiger partial charge in [-0.3, -0.25) is 14.4 Å². The van der Waals surface area contributed by atoms with Crippen LogP contribution in [0.5, 0.6) is 0 Å². The summed E-state index contributed by atoms with van der Waals surface area (Å²) in [5, 5.41) is 0. The summed E-state index contributed by atoms with van der Waals surface area (Å²) in [6.45, 7) is 7.73.